The Morgan fingerprint density at radius 3 is 2.46 bits per heavy atom. The standard InChI is InChI=1S/C9H7F3O/c1-5(13)6-2-3-8(10)7(4-6)9(11)12/h2-4,9H,1H3. The summed E-state index contributed by atoms with van der Waals surface area (Å²) >= 11 is 0. The number of rotatable bonds is 2. The van der Waals surface area contributed by atoms with Gasteiger partial charge in [-0.25, -0.2) is 13.2 Å². The molecule has 1 nitrogen and oxygen atoms in total. The van der Waals surface area contributed by atoms with Crippen molar-refractivity contribution >= 4 is 5.78 Å². The Kier molecular flexibility index (Phi) is 2.70. The highest BCUT2D eigenvalue weighted by Gasteiger charge is 2.14. The fourth-order valence-electron chi connectivity index (χ4n) is 0.930. The van der Waals surface area contributed by atoms with Crippen molar-refractivity contribution in [3.63, 3.8) is 0 Å². The molecule has 0 aliphatic carbocycles. The second-order valence-electron chi connectivity index (χ2n) is 2.59. The van der Waals surface area contributed by atoms with Crippen LogP contribution >= 0.6 is 0 Å². The van der Waals surface area contributed by atoms with Crippen LogP contribution in [0.1, 0.15) is 29.3 Å². The van der Waals surface area contributed by atoms with Crippen molar-refractivity contribution < 1.29 is 18.0 Å². The quantitative estimate of drug-likeness (QED) is 0.652. The van der Waals surface area contributed by atoms with Crippen molar-refractivity contribution in [2.45, 2.75) is 13.3 Å². The molecule has 1 aromatic rings. The molecule has 0 saturated heterocycles. The summed E-state index contributed by atoms with van der Waals surface area (Å²) in [6.45, 7) is 1.24. The largest absolute Gasteiger partial charge is 0.295 e. The maximum absolute atomic E-state index is 12.7. The molecular formula is C9H7F3O. The third kappa shape index (κ3) is 2.08. The van der Waals surface area contributed by atoms with E-state index in [1.54, 1.807) is 0 Å². The Bertz CT molecular complexity index is 334. The van der Waals surface area contributed by atoms with Gasteiger partial charge in [0.15, 0.2) is 5.78 Å². The zero-order chi connectivity index (χ0) is 10.0. The molecule has 0 aromatic heterocycles. The summed E-state index contributed by atoms with van der Waals surface area (Å²) < 4.78 is 36.9. The van der Waals surface area contributed by atoms with Gasteiger partial charge in [-0.05, 0) is 25.1 Å². The van der Waals surface area contributed by atoms with E-state index in [-0.39, 0.29) is 11.3 Å². The fraction of sp³-hybridized carbons (Fsp3) is 0.222. The van der Waals surface area contributed by atoms with Crippen molar-refractivity contribution in [3.05, 3.63) is 35.1 Å². The number of alkyl halides is 2. The minimum atomic E-state index is -2.89. The molecule has 0 unspecified atom stereocenters. The number of hydrogen-bond donors (Lipinski definition) is 0. The summed E-state index contributed by atoms with van der Waals surface area (Å²) in [5.74, 6) is -1.35. The van der Waals surface area contributed by atoms with E-state index in [0.29, 0.717) is 0 Å². The molecule has 4 heteroatoms. The topological polar surface area (TPSA) is 17.1 Å². The number of ketones is 1. The van der Waals surface area contributed by atoms with E-state index in [4.69, 9.17) is 0 Å². The first-order valence-corrected chi connectivity index (χ1v) is 3.61. The number of benzene rings is 1. The van der Waals surface area contributed by atoms with E-state index in [1.165, 1.54) is 13.0 Å². The molecule has 0 atom stereocenters. The Hall–Kier alpha value is -1.32. The first-order chi connectivity index (χ1) is 6.02. The second-order valence-corrected chi connectivity index (χ2v) is 2.59. The van der Waals surface area contributed by atoms with Gasteiger partial charge in [0.05, 0.1) is 5.56 Å². The number of Topliss-reactive ketones (excluding diaryl/α,β-unsaturated/α-hetero) is 1. The van der Waals surface area contributed by atoms with E-state index in [2.05, 4.69) is 0 Å². The third-order valence-electron chi connectivity index (χ3n) is 1.64. The molecule has 0 N–H and O–H groups in total. The number of hydrogen-bond acceptors (Lipinski definition) is 1. The van der Waals surface area contributed by atoms with E-state index < -0.39 is 17.8 Å². The lowest BCUT2D eigenvalue weighted by Crippen LogP contribution is -1.97. The molecule has 13 heavy (non-hydrogen) atoms. The van der Waals surface area contributed by atoms with E-state index in [0.717, 1.165) is 12.1 Å². The first-order valence-electron chi connectivity index (χ1n) is 3.61. The van der Waals surface area contributed by atoms with E-state index >= 15 is 0 Å². The highest BCUT2D eigenvalue weighted by atomic mass is 19.3. The van der Waals surface area contributed by atoms with E-state index in [1.807, 2.05) is 0 Å². The molecule has 1 aromatic carbocycles. The smallest absolute Gasteiger partial charge is 0.266 e. The summed E-state index contributed by atoms with van der Waals surface area (Å²) in [6.07, 6.45) is -2.89. The van der Waals surface area contributed by atoms with Crippen LogP contribution in [0.15, 0.2) is 18.2 Å². The number of halogens is 3. The molecule has 1 rings (SSSR count). The summed E-state index contributed by atoms with van der Waals surface area (Å²) in [7, 11) is 0. The highest BCUT2D eigenvalue weighted by Crippen LogP contribution is 2.23. The molecule has 0 aliphatic rings. The van der Waals surface area contributed by atoms with Crippen LogP contribution in [0.5, 0.6) is 0 Å². The Labute approximate surface area is 73.2 Å². The normalized spacial score (nSPS) is 10.5. The Balaban J connectivity index is 3.19. The van der Waals surface area contributed by atoms with Gasteiger partial charge in [0.25, 0.3) is 6.43 Å². The van der Waals surface area contributed by atoms with Gasteiger partial charge in [0.1, 0.15) is 5.82 Å². The lowest BCUT2D eigenvalue weighted by Gasteiger charge is -2.02. The maximum Gasteiger partial charge on any atom is 0.266 e. The van der Waals surface area contributed by atoms with Crippen LogP contribution in [-0.2, 0) is 0 Å². The summed E-state index contributed by atoms with van der Waals surface area (Å²) in [4.78, 5) is 10.8. The van der Waals surface area contributed by atoms with Crippen molar-refractivity contribution in [3.8, 4) is 0 Å². The van der Waals surface area contributed by atoms with Crippen LogP contribution in [0.4, 0.5) is 13.2 Å². The van der Waals surface area contributed by atoms with Crippen LogP contribution in [0.25, 0.3) is 0 Å². The monoisotopic (exact) mass is 188 g/mol. The predicted molar refractivity (Wildman–Crippen MR) is 41.4 cm³/mol. The summed E-state index contributed by atoms with van der Waals surface area (Å²) in [6, 6.07) is 2.93. The fourth-order valence-corrected chi connectivity index (χ4v) is 0.930. The summed E-state index contributed by atoms with van der Waals surface area (Å²) in [5.41, 5.74) is -0.635. The molecule has 70 valence electrons. The average molecular weight is 188 g/mol. The van der Waals surface area contributed by atoms with Crippen LogP contribution in [0.2, 0.25) is 0 Å². The SMILES string of the molecule is CC(=O)c1ccc(F)c(C(F)F)c1. The molecule has 0 heterocycles. The molecule has 0 bridgehead atoms. The van der Waals surface area contributed by atoms with Crippen LogP contribution in [0, 0.1) is 5.82 Å². The van der Waals surface area contributed by atoms with Gasteiger partial charge in [0, 0.05) is 5.56 Å². The van der Waals surface area contributed by atoms with E-state index in [9.17, 15) is 18.0 Å². The Morgan fingerprint density at radius 2 is 2.00 bits per heavy atom. The molecule has 0 amide bonds. The van der Waals surface area contributed by atoms with Crippen molar-refractivity contribution in [2.24, 2.45) is 0 Å². The van der Waals surface area contributed by atoms with Gasteiger partial charge in [0.2, 0.25) is 0 Å². The Morgan fingerprint density at radius 1 is 1.38 bits per heavy atom. The maximum atomic E-state index is 12.7. The zero-order valence-electron chi connectivity index (χ0n) is 6.85. The molecule has 0 spiro atoms. The van der Waals surface area contributed by atoms with Crippen LogP contribution in [-0.4, -0.2) is 5.78 Å². The van der Waals surface area contributed by atoms with Crippen molar-refractivity contribution in [2.75, 3.05) is 0 Å². The minimum absolute atomic E-state index is 0.0942. The van der Waals surface area contributed by atoms with Crippen molar-refractivity contribution in [1.82, 2.24) is 0 Å². The number of carbonyl (C=O) groups excluding carboxylic acids is 1. The first kappa shape index (κ1) is 9.77. The van der Waals surface area contributed by atoms with Gasteiger partial charge in [-0.3, -0.25) is 4.79 Å². The van der Waals surface area contributed by atoms with Gasteiger partial charge in [-0.2, -0.15) is 0 Å². The molecule has 0 saturated carbocycles. The lowest BCUT2D eigenvalue weighted by molar-refractivity contribution is 0.101. The minimum Gasteiger partial charge on any atom is -0.295 e. The molecule has 0 radical (unpaired) electrons. The van der Waals surface area contributed by atoms with Crippen molar-refractivity contribution in [1.29, 1.82) is 0 Å². The van der Waals surface area contributed by atoms with Gasteiger partial charge >= 0.3 is 0 Å². The summed E-state index contributed by atoms with van der Waals surface area (Å²) in [5, 5.41) is 0. The number of carbonyl (C=O) groups is 1. The van der Waals surface area contributed by atoms with Crippen LogP contribution in [0.3, 0.4) is 0 Å². The molecule has 0 aliphatic heterocycles. The third-order valence-corrected chi connectivity index (χ3v) is 1.64. The second kappa shape index (κ2) is 3.60. The zero-order valence-corrected chi connectivity index (χ0v) is 6.85. The molecule has 0 fully saturated rings. The molecular weight excluding hydrogens is 181 g/mol. The lowest BCUT2D eigenvalue weighted by atomic mass is 10.1. The van der Waals surface area contributed by atoms with Gasteiger partial charge in [-0.15, -0.1) is 0 Å². The predicted octanol–water partition coefficient (Wildman–Crippen LogP) is 2.97. The van der Waals surface area contributed by atoms with Gasteiger partial charge in [-0.1, -0.05) is 0 Å². The van der Waals surface area contributed by atoms with Gasteiger partial charge < -0.3 is 0 Å². The average Bonchev–Trinajstić information content (AvgIpc) is 2.04. The highest BCUT2D eigenvalue weighted by molar-refractivity contribution is 5.94. The van der Waals surface area contributed by atoms with Crippen LogP contribution < -0.4 is 0 Å².